The minimum Gasteiger partial charge on any atom is -0.475 e. The third-order valence-corrected chi connectivity index (χ3v) is 3.41. The molecule has 20 heavy (non-hydrogen) atoms. The predicted molar refractivity (Wildman–Crippen MR) is 69.3 cm³/mol. The first kappa shape index (κ1) is 14.4. The third-order valence-electron chi connectivity index (χ3n) is 3.41. The van der Waals surface area contributed by atoms with E-state index in [0.29, 0.717) is 31.7 Å². The second kappa shape index (κ2) is 5.54. The molecule has 0 aliphatic carbocycles. The van der Waals surface area contributed by atoms with Crippen LogP contribution in [0, 0.1) is 0 Å². The van der Waals surface area contributed by atoms with Crippen molar-refractivity contribution < 1.29 is 24.2 Å². The van der Waals surface area contributed by atoms with E-state index in [-0.39, 0.29) is 18.3 Å². The van der Waals surface area contributed by atoms with Crippen LogP contribution in [0.2, 0.25) is 0 Å². The fourth-order valence-electron chi connectivity index (χ4n) is 2.05. The molecule has 0 atom stereocenters. The maximum Gasteiger partial charge on any atom is 0.371 e. The van der Waals surface area contributed by atoms with Crippen molar-refractivity contribution in [2.45, 2.75) is 31.9 Å². The second-order valence-corrected chi connectivity index (χ2v) is 5.21. The van der Waals surface area contributed by atoms with Gasteiger partial charge in [0.2, 0.25) is 5.76 Å². The molecule has 2 heterocycles. The van der Waals surface area contributed by atoms with Crippen LogP contribution in [-0.2, 0) is 6.54 Å². The van der Waals surface area contributed by atoms with E-state index >= 15 is 0 Å². The van der Waals surface area contributed by atoms with Crippen molar-refractivity contribution in [2.75, 3.05) is 13.1 Å². The summed E-state index contributed by atoms with van der Waals surface area (Å²) in [6.07, 6.45) is 1.09. The summed E-state index contributed by atoms with van der Waals surface area (Å²) in [4.78, 5) is 24.2. The quantitative estimate of drug-likeness (QED) is 0.768. The first-order valence-corrected chi connectivity index (χ1v) is 6.44. The first-order valence-electron chi connectivity index (χ1n) is 6.44. The minimum atomic E-state index is -1.14. The highest BCUT2D eigenvalue weighted by atomic mass is 16.4. The molecule has 0 bridgehead atoms. The first-order chi connectivity index (χ1) is 9.37. The van der Waals surface area contributed by atoms with Crippen LogP contribution in [0.5, 0.6) is 0 Å². The molecule has 1 saturated heterocycles. The van der Waals surface area contributed by atoms with Gasteiger partial charge in [0.25, 0.3) is 0 Å². The molecule has 0 spiro atoms. The number of nitrogens with one attached hydrogen (secondary N) is 1. The Kier molecular flexibility index (Phi) is 3.99. The number of hydrogen-bond donors (Lipinski definition) is 3. The van der Waals surface area contributed by atoms with Gasteiger partial charge in [-0.15, -0.1) is 0 Å². The van der Waals surface area contributed by atoms with Gasteiger partial charge >= 0.3 is 12.0 Å². The van der Waals surface area contributed by atoms with Crippen LogP contribution in [-0.4, -0.2) is 45.8 Å². The summed E-state index contributed by atoms with van der Waals surface area (Å²) in [5.41, 5.74) is -0.700. The number of urea groups is 1. The number of rotatable bonds is 3. The van der Waals surface area contributed by atoms with E-state index in [0.717, 1.165) is 0 Å². The highest BCUT2D eigenvalue weighted by Gasteiger charge is 2.29. The fourth-order valence-corrected chi connectivity index (χ4v) is 2.05. The van der Waals surface area contributed by atoms with Gasteiger partial charge in [0.1, 0.15) is 5.76 Å². The molecule has 0 saturated carbocycles. The normalized spacial score (nSPS) is 17.8. The summed E-state index contributed by atoms with van der Waals surface area (Å²) in [6, 6.07) is 2.63. The van der Waals surface area contributed by atoms with Gasteiger partial charge in [-0.05, 0) is 31.9 Å². The predicted octanol–water partition coefficient (Wildman–Crippen LogP) is 1.03. The number of amides is 2. The zero-order valence-corrected chi connectivity index (χ0v) is 11.3. The van der Waals surface area contributed by atoms with Crippen LogP contribution in [0.4, 0.5) is 4.79 Å². The van der Waals surface area contributed by atoms with Crippen LogP contribution in [0.25, 0.3) is 0 Å². The summed E-state index contributed by atoms with van der Waals surface area (Å²) in [5.74, 6) is -0.899. The van der Waals surface area contributed by atoms with Crippen LogP contribution < -0.4 is 5.32 Å². The Labute approximate surface area is 116 Å². The molecule has 0 radical (unpaired) electrons. The van der Waals surface area contributed by atoms with Crippen LogP contribution in [0.1, 0.15) is 36.1 Å². The summed E-state index contributed by atoms with van der Waals surface area (Å²) in [5, 5.41) is 21.2. The van der Waals surface area contributed by atoms with Crippen molar-refractivity contribution in [3.05, 3.63) is 23.7 Å². The average Bonchev–Trinajstić information content (AvgIpc) is 2.85. The van der Waals surface area contributed by atoms with E-state index in [1.54, 1.807) is 11.8 Å². The molecule has 7 nitrogen and oxygen atoms in total. The maximum absolute atomic E-state index is 11.9. The van der Waals surface area contributed by atoms with E-state index in [1.165, 1.54) is 12.1 Å². The molecule has 2 amide bonds. The largest absolute Gasteiger partial charge is 0.475 e. The van der Waals surface area contributed by atoms with Gasteiger partial charge in [-0.1, -0.05) is 0 Å². The number of aliphatic hydroxyl groups is 1. The molecule has 110 valence electrons. The van der Waals surface area contributed by atoms with Crippen molar-refractivity contribution in [1.82, 2.24) is 10.2 Å². The van der Waals surface area contributed by atoms with Gasteiger partial charge in [0.05, 0.1) is 12.1 Å². The zero-order chi connectivity index (χ0) is 14.8. The Hall–Kier alpha value is -2.02. The smallest absolute Gasteiger partial charge is 0.371 e. The number of furan rings is 1. The van der Waals surface area contributed by atoms with Gasteiger partial charge in [-0.3, -0.25) is 0 Å². The third kappa shape index (κ3) is 3.51. The molecular weight excluding hydrogens is 264 g/mol. The number of carbonyl (C=O) groups excluding carboxylic acids is 1. The summed E-state index contributed by atoms with van der Waals surface area (Å²) < 4.78 is 5.04. The molecule has 0 unspecified atom stereocenters. The minimum absolute atomic E-state index is 0.138. The van der Waals surface area contributed by atoms with Crippen molar-refractivity contribution >= 4 is 12.0 Å². The van der Waals surface area contributed by atoms with Gasteiger partial charge < -0.3 is 24.8 Å². The highest BCUT2D eigenvalue weighted by Crippen LogP contribution is 2.21. The molecule has 1 aliphatic rings. The van der Waals surface area contributed by atoms with E-state index in [9.17, 15) is 14.7 Å². The van der Waals surface area contributed by atoms with E-state index in [2.05, 4.69) is 5.32 Å². The molecule has 1 aromatic heterocycles. The Morgan fingerprint density at radius 1 is 1.40 bits per heavy atom. The average molecular weight is 282 g/mol. The van der Waals surface area contributed by atoms with Crippen LogP contribution in [0.3, 0.4) is 0 Å². The van der Waals surface area contributed by atoms with Crippen LogP contribution in [0.15, 0.2) is 16.5 Å². The standard InChI is InChI=1S/C13H18N2O5/c1-13(19)4-6-15(7-5-13)12(18)14-8-9-2-3-10(20-9)11(16)17/h2-3,19H,4-8H2,1H3,(H,14,18)(H,16,17). The Morgan fingerprint density at radius 2 is 2.05 bits per heavy atom. The van der Waals surface area contributed by atoms with E-state index < -0.39 is 11.6 Å². The van der Waals surface area contributed by atoms with Crippen LogP contribution >= 0.6 is 0 Å². The molecule has 0 aromatic carbocycles. The lowest BCUT2D eigenvalue weighted by Gasteiger charge is -2.35. The molecule has 2 rings (SSSR count). The summed E-state index contributed by atoms with van der Waals surface area (Å²) >= 11 is 0. The summed E-state index contributed by atoms with van der Waals surface area (Å²) in [6.45, 7) is 2.90. The van der Waals surface area contributed by atoms with E-state index in [1.807, 2.05) is 0 Å². The number of piperidine rings is 1. The summed E-state index contributed by atoms with van der Waals surface area (Å²) in [7, 11) is 0. The number of likely N-dealkylation sites (tertiary alicyclic amines) is 1. The van der Waals surface area contributed by atoms with Crippen molar-refractivity contribution in [3.63, 3.8) is 0 Å². The number of carboxylic acids is 1. The second-order valence-electron chi connectivity index (χ2n) is 5.21. The number of nitrogens with zero attached hydrogens (tertiary/aromatic N) is 1. The lowest BCUT2D eigenvalue weighted by atomic mass is 9.94. The van der Waals surface area contributed by atoms with Crippen molar-refractivity contribution in [2.24, 2.45) is 0 Å². The van der Waals surface area contributed by atoms with Gasteiger partial charge in [0.15, 0.2) is 0 Å². The maximum atomic E-state index is 11.9. The monoisotopic (exact) mass is 282 g/mol. The molecule has 3 N–H and O–H groups in total. The number of aromatic carboxylic acids is 1. The van der Waals surface area contributed by atoms with Gasteiger partial charge in [0, 0.05) is 13.1 Å². The van der Waals surface area contributed by atoms with Gasteiger partial charge in [-0.25, -0.2) is 9.59 Å². The Balaban J connectivity index is 1.81. The van der Waals surface area contributed by atoms with E-state index in [4.69, 9.17) is 9.52 Å². The highest BCUT2D eigenvalue weighted by molar-refractivity contribution is 5.84. The molecule has 1 fully saturated rings. The zero-order valence-electron chi connectivity index (χ0n) is 11.3. The molecule has 1 aliphatic heterocycles. The van der Waals surface area contributed by atoms with Crippen molar-refractivity contribution in [3.8, 4) is 0 Å². The fraction of sp³-hybridized carbons (Fsp3) is 0.538. The number of carbonyl (C=O) groups is 2. The number of hydrogen-bond acceptors (Lipinski definition) is 4. The molecule has 7 heteroatoms. The van der Waals surface area contributed by atoms with Gasteiger partial charge in [-0.2, -0.15) is 0 Å². The lowest BCUT2D eigenvalue weighted by Crippen LogP contribution is -2.48. The lowest BCUT2D eigenvalue weighted by molar-refractivity contribution is 0.00431. The van der Waals surface area contributed by atoms with Crippen molar-refractivity contribution in [1.29, 1.82) is 0 Å². The Bertz CT molecular complexity index is 499. The topological polar surface area (TPSA) is 103 Å². The number of carboxylic acid groups (broad SMARTS) is 1. The SMILES string of the molecule is CC1(O)CCN(C(=O)NCc2ccc(C(=O)O)o2)CC1. The molecular formula is C13H18N2O5. The molecule has 1 aromatic rings. The Morgan fingerprint density at radius 3 is 2.60 bits per heavy atom.